The molecule has 0 bridgehead atoms. The molecule has 4 N–H and O–H groups in total. The van der Waals surface area contributed by atoms with Gasteiger partial charge < -0.3 is 9.84 Å². The lowest BCUT2D eigenvalue weighted by Crippen LogP contribution is -2.34. The monoisotopic (exact) mass is 224 g/mol. The van der Waals surface area contributed by atoms with E-state index in [-0.39, 0.29) is 12.2 Å². The van der Waals surface area contributed by atoms with Crippen LogP contribution in [0.5, 0.6) is 5.75 Å². The lowest BCUT2D eigenvalue weighted by atomic mass is 10.1. The van der Waals surface area contributed by atoms with E-state index in [0.717, 1.165) is 0 Å². The molecule has 1 rings (SSSR count). The van der Waals surface area contributed by atoms with Crippen LogP contribution in [0.2, 0.25) is 0 Å². The maximum Gasteiger partial charge on any atom is 0.336 e. The van der Waals surface area contributed by atoms with Crippen molar-refractivity contribution in [2.45, 2.75) is 6.92 Å². The van der Waals surface area contributed by atoms with Crippen LogP contribution < -0.4 is 16.0 Å². The molecule has 0 fully saturated rings. The maximum absolute atomic E-state index is 10.8. The van der Waals surface area contributed by atoms with E-state index >= 15 is 0 Å². The van der Waals surface area contributed by atoms with Gasteiger partial charge in [0.25, 0.3) is 5.91 Å². The fourth-order valence-corrected chi connectivity index (χ4v) is 1.19. The van der Waals surface area contributed by atoms with Crippen LogP contribution in [-0.4, -0.2) is 23.6 Å². The summed E-state index contributed by atoms with van der Waals surface area (Å²) in [6, 6.07) is 4.60. The molecule has 0 aromatic heterocycles. The highest BCUT2D eigenvalue weighted by Crippen LogP contribution is 2.21. The molecule has 0 aliphatic rings. The zero-order valence-electron chi connectivity index (χ0n) is 8.69. The average Bonchev–Trinajstić information content (AvgIpc) is 2.26. The van der Waals surface area contributed by atoms with Gasteiger partial charge in [0.2, 0.25) is 0 Å². The van der Waals surface area contributed by atoms with E-state index in [9.17, 15) is 9.59 Å². The highest BCUT2D eigenvalue weighted by atomic mass is 16.5. The van der Waals surface area contributed by atoms with Crippen molar-refractivity contribution in [2.75, 3.05) is 6.61 Å². The lowest BCUT2D eigenvalue weighted by Gasteiger charge is -2.09. The van der Waals surface area contributed by atoms with Crippen molar-refractivity contribution >= 4 is 11.9 Å². The van der Waals surface area contributed by atoms with Gasteiger partial charge in [0.05, 0.1) is 5.56 Å². The minimum absolute atomic E-state index is 0.144. The smallest absolute Gasteiger partial charge is 0.336 e. The zero-order valence-corrected chi connectivity index (χ0v) is 8.69. The van der Waals surface area contributed by atoms with Gasteiger partial charge in [-0.1, -0.05) is 6.07 Å². The Hall–Kier alpha value is -2.08. The highest BCUT2D eigenvalue weighted by molar-refractivity contribution is 5.90. The Morgan fingerprint density at radius 1 is 1.50 bits per heavy atom. The molecule has 0 saturated heterocycles. The van der Waals surface area contributed by atoms with Crippen molar-refractivity contribution in [2.24, 2.45) is 5.84 Å². The first-order valence-electron chi connectivity index (χ1n) is 4.51. The number of carbonyl (C=O) groups is 2. The molecule has 1 amide bonds. The number of nitrogens with one attached hydrogen (secondary N) is 1. The molecule has 0 aliphatic carbocycles. The first-order valence-corrected chi connectivity index (χ1v) is 4.51. The molecule has 1 aromatic carbocycles. The second-order valence-corrected chi connectivity index (χ2v) is 3.09. The number of carboxylic acids is 1. The van der Waals surface area contributed by atoms with Gasteiger partial charge in [-0.25, -0.2) is 10.6 Å². The molecule has 86 valence electrons. The molecule has 0 atom stereocenters. The highest BCUT2D eigenvalue weighted by Gasteiger charge is 2.11. The van der Waals surface area contributed by atoms with E-state index in [0.29, 0.717) is 11.3 Å². The Bertz CT molecular complexity index is 417. The van der Waals surface area contributed by atoms with Gasteiger partial charge in [0.15, 0.2) is 6.61 Å². The summed E-state index contributed by atoms with van der Waals surface area (Å²) in [7, 11) is 0. The standard InChI is InChI=1S/C10H12N2O4/c1-6-7(10(14)15)3-2-4-8(6)16-5-9(13)12-11/h2-4H,5,11H2,1H3,(H,12,13)(H,14,15). The molecule has 0 spiro atoms. The van der Waals surface area contributed by atoms with E-state index in [1.165, 1.54) is 6.07 Å². The van der Waals surface area contributed by atoms with Crippen LogP contribution in [0.3, 0.4) is 0 Å². The van der Waals surface area contributed by atoms with E-state index in [4.69, 9.17) is 15.7 Å². The molecule has 6 nitrogen and oxygen atoms in total. The molecule has 0 heterocycles. The number of aromatic carboxylic acids is 1. The number of nitrogens with two attached hydrogens (primary N) is 1. The van der Waals surface area contributed by atoms with E-state index in [2.05, 4.69) is 0 Å². The third-order valence-corrected chi connectivity index (χ3v) is 2.03. The number of hydrogen-bond donors (Lipinski definition) is 3. The van der Waals surface area contributed by atoms with Gasteiger partial charge in [-0.2, -0.15) is 0 Å². The molecule has 0 unspecified atom stereocenters. The normalized spacial score (nSPS) is 9.62. The Labute approximate surface area is 92.0 Å². The van der Waals surface area contributed by atoms with Gasteiger partial charge in [0, 0.05) is 5.56 Å². The summed E-state index contributed by atoms with van der Waals surface area (Å²) in [5, 5.41) is 8.86. The fourth-order valence-electron chi connectivity index (χ4n) is 1.19. The van der Waals surface area contributed by atoms with Crippen molar-refractivity contribution in [1.29, 1.82) is 0 Å². The number of carboxylic acid groups (broad SMARTS) is 1. The minimum atomic E-state index is -1.04. The first kappa shape index (κ1) is 12.0. The molecule has 0 radical (unpaired) electrons. The number of hydrogen-bond acceptors (Lipinski definition) is 4. The predicted molar refractivity (Wildman–Crippen MR) is 56.0 cm³/mol. The predicted octanol–water partition coefficient (Wildman–Crippen LogP) is 0.0619. The third kappa shape index (κ3) is 2.71. The van der Waals surface area contributed by atoms with Crippen molar-refractivity contribution in [3.63, 3.8) is 0 Å². The van der Waals surface area contributed by atoms with Crippen LogP contribution >= 0.6 is 0 Å². The zero-order chi connectivity index (χ0) is 12.1. The second kappa shape index (κ2) is 5.13. The summed E-state index contributed by atoms with van der Waals surface area (Å²) in [6.45, 7) is 1.36. The molecule has 0 saturated carbocycles. The third-order valence-electron chi connectivity index (χ3n) is 2.03. The van der Waals surface area contributed by atoms with Crippen LogP contribution in [0.4, 0.5) is 0 Å². The Balaban J connectivity index is 2.85. The van der Waals surface area contributed by atoms with Gasteiger partial charge in [-0.15, -0.1) is 0 Å². The first-order chi connectivity index (χ1) is 7.56. The summed E-state index contributed by atoms with van der Waals surface area (Å²) in [4.78, 5) is 21.7. The summed E-state index contributed by atoms with van der Waals surface area (Å²) in [6.07, 6.45) is 0. The van der Waals surface area contributed by atoms with E-state index < -0.39 is 11.9 Å². The number of benzene rings is 1. The quantitative estimate of drug-likeness (QED) is 0.381. The van der Waals surface area contributed by atoms with Gasteiger partial charge >= 0.3 is 5.97 Å². The lowest BCUT2D eigenvalue weighted by molar-refractivity contribution is -0.123. The molecular formula is C10H12N2O4. The van der Waals surface area contributed by atoms with Crippen molar-refractivity contribution in [1.82, 2.24) is 5.43 Å². The Morgan fingerprint density at radius 3 is 2.75 bits per heavy atom. The number of ether oxygens (including phenoxy) is 1. The topological polar surface area (TPSA) is 102 Å². The van der Waals surface area contributed by atoms with E-state index in [1.807, 2.05) is 5.43 Å². The summed E-state index contributed by atoms with van der Waals surface area (Å²) in [5.41, 5.74) is 2.53. The second-order valence-electron chi connectivity index (χ2n) is 3.09. The summed E-state index contributed by atoms with van der Waals surface area (Å²) in [5.74, 6) is 3.71. The van der Waals surface area contributed by atoms with Gasteiger partial charge in [0.1, 0.15) is 5.75 Å². The van der Waals surface area contributed by atoms with Crippen molar-refractivity contribution in [3.8, 4) is 5.75 Å². The van der Waals surface area contributed by atoms with Crippen LogP contribution in [-0.2, 0) is 4.79 Å². The number of carbonyl (C=O) groups excluding carboxylic acids is 1. The molecule has 1 aromatic rings. The molecule has 0 aliphatic heterocycles. The molecule has 6 heteroatoms. The van der Waals surface area contributed by atoms with Crippen LogP contribution in [0.15, 0.2) is 18.2 Å². The maximum atomic E-state index is 10.8. The van der Waals surface area contributed by atoms with Gasteiger partial charge in [-0.3, -0.25) is 10.2 Å². The largest absolute Gasteiger partial charge is 0.483 e. The van der Waals surface area contributed by atoms with Crippen LogP contribution in [0.1, 0.15) is 15.9 Å². The fraction of sp³-hybridized carbons (Fsp3) is 0.200. The number of hydrazine groups is 1. The van der Waals surface area contributed by atoms with Gasteiger partial charge in [-0.05, 0) is 19.1 Å². The Morgan fingerprint density at radius 2 is 2.19 bits per heavy atom. The van der Waals surface area contributed by atoms with Crippen molar-refractivity contribution < 1.29 is 19.4 Å². The minimum Gasteiger partial charge on any atom is -0.483 e. The summed E-state index contributed by atoms with van der Waals surface area (Å²) >= 11 is 0. The summed E-state index contributed by atoms with van der Waals surface area (Å²) < 4.78 is 5.12. The Kier molecular flexibility index (Phi) is 3.84. The molecule has 16 heavy (non-hydrogen) atoms. The van der Waals surface area contributed by atoms with Crippen molar-refractivity contribution in [3.05, 3.63) is 29.3 Å². The molecular weight excluding hydrogens is 212 g/mol. The average molecular weight is 224 g/mol. The number of rotatable bonds is 4. The van der Waals surface area contributed by atoms with Crippen LogP contribution in [0.25, 0.3) is 0 Å². The SMILES string of the molecule is Cc1c(OCC(=O)NN)cccc1C(=O)O. The van der Waals surface area contributed by atoms with E-state index in [1.54, 1.807) is 19.1 Å². The number of amides is 1. The van der Waals surface area contributed by atoms with Crippen LogP contribution in [0, 0.1) is 6.92 Å².